The lowest BCUT2D eigenvalue weighted by molar-refractivity contribution is -0.160. The number of ether oxygens (including phenoxy) is 3. The summed E-state index contributed by atoms with van der Waals surface area (Å²) in [5.41, 5.74) is 1.16. The molecule has 2 aliphatic heterocycles. The Bertz CT molecular complexity index is 636. The van der Waals surface area contributed by atoms with Gasteiger partial charge in [-0.05, 0) is 30.5 Å². The molecular weight excluding hydrogens is 360 g/mol. The van der Waals surface area contributed by atoms with Crippen molar-refractivity contribution in [3.63, 3.8) is 0 Å². The Morgan fingerprint density at radius 1 is 1.25 bits per heavy atom. The van der Waals surface area contributed by atoms with Gasteiger partial charge in [0.1, 0.15) is 5.75 Å². The van der Waals surface area contributed by atoms with Gasteiger partial charge < -0.3 is 24.2 Å². The Kier molecular flexibility index (Phi) is 7.29. The van der Waals surface area contributed by atoms with Gasteiger partial charge in [-0.2, -0.15) is 0 Å². The highest BCUT2D eigenvalue weighted by molar-refractivity contribution is 5.76. The van der Waals surface area contributed by atoms with E-state index >= 15 is 0 Å². The molecule has 3 rings (SSSR count). The van der Waals surface area contributed by atoms with Gasteiger partial charge in [-0.1, -0.05) is 12.1 Å². The summed E-state index contributed by atoms with van der Waals surface area (Å²) in [4.78, 5) is 16.0. The normalized spacial score (nSPS) is 28.7. The molecule has 0 aliphatic carbocycles. The van der Waals surface area contributed by atoms with E-state index < -0.39 is 6.10 Å². The molecule has 2 fully saturated rings. The summed E-state index contributed by atoms with van der Waals surface area (Å²) >= 11 is 0. The van der Waals surface area contributed by atoms with Crippen LogP contribution in [-0.4, -0.2) is 86.1 Å². The van der Waals surface area contributed by atoms with Gasteiger partial charge in [0.05, 0.1) is 45.1 Å². The molecule has 1 aromatic carbocycles. The average Bonchev–Trinajstić information content (AvgIpc) is 2.67. The highest BCUT2D eigenvalue weighted by Gasteiger charge is 2.38. The first-order valence-electron chi connectivity index (χ1n) is 9.94. The van der Waals surface area contributed by atoms with Gasteiger partial charge in [0.25, 0.3) is 0 Å². The van der Waals surface area contributed by atoms with E-state index in [0.29, 0.717) is 26.2 Å². The number of hydrogen-bond donors (Lipinski definition) is 1. The Balaban J connectivity index is 1.69. The summed E-state index contributed by atoms with van der Waals surface area (Å²) in [6.45, 7) is 2.01. The maximum atomic E-state index is 12.1. The standard InChI is InChI=1S/C21H32N2O5/c1-22(2)21(25)10-18-8-9-19-20(28-18)14-27-13-16(24)12-23(19)11-15-4-6-17(26-3)7-5-15/h4-7,16,18-20,24H,8-14H2,1-3H3/t16-,18-,19-,20+/m0/s1. The van der Waals surface area contributed by atoms with Gasteiger partial charge >= 0.3 is 0 Å². The molecule has 0 spiro atoms. The highest BCUT2D eigenvalue weighted by Crippen LogP contribution is 2.29. The lowest BCUT2D eigenvalue weighted by Crippen LogP contribution is -2.55. The number of methoxy groups -OCH3 is 1. The molecule has 1 N–H and O–H groups in total. The first-order chi connectivity index (χ1) is 13.5. The van der Waals surface area contributed by atoms with Gasteiger partial charge in [-0.25, -0.2) is 0 Å². The number of carbonyl (C=O) groups is 1. The monoisotopic (exact) mass is 392 g/mol. The molecule has 2 heterocycles. The second-order valence-corrected chi connectivity index (χ2v) is 7.90. The van der Waals surface area contributed by atoms with Crippen molar-refractivity contribution >= 4 is 5.91 Å². The average molecular weight is 392 g/mol. The van der Waals surface area contributed by atoms with Crippen molar-refractivity contribution in [2.45, 2.75) is 50.2 Å². The first-order valence-corrected chi connectivity index (χ1v) is 9.94. The fourth-order valence-electron chi connectivity index (χ4n) is 3.97. The van der Waals surface area contributed by atoms with E-state index in [1.165, 1.54) is 0 Å². The quantitative estimate of drug-likeness (QED) is 0.814. The molecule has 0 unspecified atom stereocenters. The number of hydrogen-bond acceptors (Lipinski definition) is 6. The van der Waals surface area contributed by atoms with E-state index in [1.54, 1.807) is 26.1 Å². The zero-order valence-corrected chi connectivity index (χ0v) is 17.0. The van der Waals surface area contributed by atoms with Crippen LogP contribution < -0.4 is 4.74 Å². The third-order valence-electron chi connectivity index (χ3n) is 5.53. The minimum Gasteiger partial charge on any atom is -0.497 e. The lowest BCUT2D eigenvalue weighted by atomic mass is 9.94. The smallest absolute Gasteiger partial charge is 0.224 e. The summed E-state index contributed by atoms with van der Waals surface area (Å²) in [7, 11) is 5.20. The molecule has 2 saturated heterocycles. The second kappa shape index (κ2) is 9.69. The van der Waals surface area contributed by atoms with Crippen LogP contribution in [0.4, 0.5) is 0 Å². The molecule has 7 heteroatoms. The molecule has 28 heavy (non-hydrogen) atoms. The highest BCUT2D eigenvalue weighted by atomic mass is 16.5. The number of rotatable bonds is 5. The maximum Gasteiger partial charge on any atom is 0.224 e. The summed E-state index contributed by atoms with van der Waals surface area (Å²) < 4.78 is 17.2. The minimum atomic E-state index is -0.521. The fourth-order valence-corrected chi connectivity index (χ4v) is 3.97. The molecule has 156 valence electrons. The van der Waals surface area contributed by atoms with Crippen LogP contribution in [0.25, 0.3) is 0 Å². The number of nitrogens with zero attached hydrogens (tertiary/aromatic N) is 2. The van der Waals surface area contributed by atoms with E-state index in [4.69, 9.17) is 14.2 Å². The van der Waals surface area contributed by atoms with Crippen molar-refractivity contribution in [3.8, 4) is 5.75 Å². The predicted molar refractivity (Wildman–Crippen MR) is 105 cm³/mol. The third-order valence-corrected chi connectivity index (χ3v) is 5.53. The number of aliphatic hydroxyl groups excluding tert-OH is 1. The van der Waals surface area contributed by atoms with Crippen LogP contribution in [0.2, 0.25) is 0 Å². The van der Waals surface area contributed by atoms with Crippen LogP contribution in [-0.2, 0) is 20.8 Å². The van der Waals surface area contributed by atoms with Crippen LogP contribution in [0.15, 0.2) is 24.3 Å². The van der Waals surface area contributed by atoms with E-state index in [9.17, 15) is 9.90 Å². The molecule has 0 saturated carbocycles. The Morgan fingerprint density at radius 3 is 2.68 bits per heavy atom. The number of aliphatic hydroxyl groups is 1. The van der Waals surface area contributed by atoms with Crippen molar-refractivity contribution in [2.75, 3.05) is 41.0 Å². The van der Waals surface area contributed by atoms with Crippen molar-refractivity contribution < 1.29 is 24.1 Å². The van der Waals surface area contributed by atoms with Gasteiger partial charge in [-0.15, -0.1) is 0 Å². The van der Waals surface area contributed by atoms with Crippen molar-refractivity contribution in [2.24, 2.45) is 0 Å². The molecule has 0 aromatic heterocycles. The fraction of sp³-hybridized carbons (Fsp3) is 0.667. The second-order valence-electron chi connectivity index (χ2n) is 7.90. The van der Waals surface area contributed by atoms with E-state index in [0.717, 1.165) is 30.7 Å². The maximum absolute atomic E-state index is 12.1. The topological polar surface area (TPSA) is 71.5 Å². The summed E-state index contributed by atoms with van der Waals surface area (Å²) in [6.07, 6.45) is 1.45. The van der Waals surface area contributed by atoms with Gasteiger partial charge in [0, 0.05) is 33.2 Å². The van der Waals surface area contributed by atoms with Crippen LogP contribution in [0.1, 0.15) is 24.8 Å². The first kappa shape index (κ1) is 21.0. The lowest BCUT2D eigenvalue weighted by Gasteiger charge is -2.44. The number of carbonyl (C=O) groups excluding carboxylic acids is 1. The van der Waals surface area contributed by atoms with Crippen LogP contribution in [0.5, 0.6) is 5.75 Å². The number of fused-ring (bicyclic) bond motifs is 1. The van der Waals surface area contributed by atoms with E-state index in [2.05, 4.69) is 17.0 Å². The Labute approximate surface area is 167 Å². The van der Waals surface area contributed by atoms with Gasteiger partial charge in [-0.3, -0.25) is 9.69 Å². The van der Waals surface area contributed by atoms with Crippen molar-refractivity contribution in [3.05, 3.63) is 29.8 Å². The molecule has 7 nitrogen and oxygen atoms in total. The van der Waals surface area contributed by atoms with E-state index in [-0.39, 0.29) is 24.2 Å². The molecule has 2 aliphatic rings. The molecule has 1 amide bonds. The third kappa shape index (κ3) is 5.44. The number of amides is 1. The van der Waals surface area contributed by atoms with Crippen LogP contribution >= 0.6 is 0 Å². The zero-order chi connectivity index (χ0) is 20.1. The minimum absolute atomic E-state index is 0.0769. The molecule has 0 radical (unpaired) electrons. The number of benzene rings is 1. The zero-order valence-electron chi connectivity index (χ0n) is 17.0. The molecular formula is C21H32N2O5. The van der Waals surface area contributed by atoms with Crippen LogP contribution in [0, 0.1) is 0 Å². The van der Waals surface area contributed by atoms with Gasteiger partial charge in [0.15, 0.2) is 0 Å². The SMILES string of the molecule is COc1ccc(CN2C[C@H](O)COC[C@H]3O[C@H](CC(=O)N(C)C)CC[C@@H]32)cc1. The predicted octanol–water partition coefficient (Wildman–Crippen LogP) is 1.28. The van der Waals surface area contributed by atoms with Gasteiger partial charge in [0.2, 0.25) is 5.91 Å². The summed E-state index contributed by atoms with van der Waals surface area (Å²) in [5.74, 6) is 0.915. The Hall–Kier alpha value is -1.67. The Morgan fingerprint density at radius 2 is 2.00 bits per heavy atom. The molecule has 4 atom stereocenters. The van der Waals surface area contributed by atoms with E-state index in [1.807, 2.05) is 12.1 Å². The summed E-state index contributed by atoms with van der Waals surface area (Å²) in [6, 6.07) is 8.17. The summed E-state index contributed by atoms with van der Waals surface area (Å²) in [5, 5.41) is 10.3. The molecule has 1 aromatic rings. The molecule has 0 bridgehead atoms. The van der Waals surface area contributed by atoms with Crippen LogP contribution in [0.3, 0.4) is 0 Å². The van der Waals surface area contributed by atoms with Crippen molar-refractivity contribution in [1.82, 2.24) is 9.80 Å². The number of β-amino-alcohol motifs (C(OH)–C–C–N with tert-alkyl or cyclic N) is 1. The van der Waals surface area contributed by atoms with Crippen molar-refractivity contribution in [1.29, 1.82) is 0 Å². The largest absolute Gasteiger partial charge is 0.497 e.